The number of hydrogen-bond donors (Lipinski definition) is 2. The van der Waals surface area contributed by atoms with E-state index in [4.69, 9.17) is 20.0 Å². The Labute approximate surface area is 361 Å². The van der Waals surface area contributed by atoms with Crippen LogP contribution in [0.2, 0.25) is 0 Å². The molecule has 0 aliphatic carbocycles. The van der Waals surface area contributed by atoms with E-state index < -0.39 is 47.1 Å². The SMILES string of the molecule is CCC(CC)C(=O)OC(C)OC(=O)C1=C(/C=C\c2cccnc2)CS[C@@H]2[C@H](NC(=O)C(=NOC(c3ccccc3)(c3ccccc3)c3ccccc3)c3csc(N)n3)C(=O)N12. The number of thiazole rings is 1. The lowest BCUT2D eigenvalue weighted by Gasteiger charge is -2.49. The highest BCUT2D eigenvalue weighted by molar-refractivity contribution is 8.00. The van der Waals surface area contributed by atoms with Gasteiger partial charge in [-0.25, -0.2) is 9.78 Å². The number of rotatable bonds is 16. The molecule has 0 radical (unpaired) electrons. The van der Waals surface area contributed by atoms with Crippen molar-refractivity contribution in [3.63, 3.8) is 0 Å². The largest absolute Gasteiger partial charge is 0.425 e. The molecule has 2 amide bonds. The Balaban J connectivity index is 1.20. The van der Waals surface area contributed by atoms with E-state index in [0.717, 1.165) is 33.6 Å². The summed E-state index contributed by atoms with van der Waals surface area (Å²) in [6.45, 7) is 5.21. The topological polar surface area (TPSA) is 175 Å². The van der Waals surface area contributed by atoms with Crippen LogP contribution in [0.3, 0.4) is 0 Å². The van der Waals surface area contributed by atoms with Gasteiger partial charge in [0.15, 0.2) is 10.8 Å². The van der Waals surface area contributed by atoms with E-state index in [2.05, 4.69) is 20.4 Å². The Kier molecular flexibility index (Phi) is 13.4. The summed E-state index contributed by atoms with van der Waals surface area (Å²) < 4.78 is 11.1. The summed E-state index contributed by atoms with van der Waals surface area (Å²) in [7, 11) is 0. The molecule has 0 saturated carbocycles. The summed E-state index contributed by atoms with van der Waals surface area (Å²) in [5, 5.41) is 8.50. The van der Waals surface area contributed by atoms with Crippen molar-refractivity contribution in [3.8, 4) is 0 Å². The van der Waals surface area contributed by atoms with Crippen molar-refractivity contribution in [1.29, 1.82) is 0 Å². The molecule has 2 aliphatic rings. The minimum Gasteiger partial charge on any atom is -0.425 e. The summed E-state index contributed by atoms with van der Waals surface area (Å²) in [6, 6.07) is 31.2. The van der Waals surface area contributed by atoms with Crippen molar-refractivity contribution in [1.82, 2.24) is 20.2 Å². The maximum Gasteiger partial charge on any atom is 0.358 e. The van der Waals surface area contributed by atoms with Gasteiger partial charge in [-0.05, 0) is 30.0 Å². The molecule has 2 aromatic heterocycles. The number of nitrogens with zero attached hydrogens (tertiary/aromatic N) is 4. The van der Waals surface area contributed by atoms with E-state index in [1.165, 1.54) is 23.6 Å². The number of benzene rings is 3. The molecule has 1 unspecified atom stereocenters. The Morgan fingerprint density at radius 1 is 0.918 bits per heavy atom. The average Bonchev–Trinajstić information content (AvgIpc) is 3.72. The molecule has 0 bridgehead atoms. The highest BCUT2D eigenvalue weighted by Gasteiger charge is 2.55. The van der Waals surface area contributed by atoms with Crippen LogP contribution >= 0.6 is 23.1 Å². The highest BCUT2D eigenvalue weighted by atomic mass is 32.2. The van der Waals surface area contributed by atoms with Crippen molar-refractivity contribution < 1.29 is 33.5 Å². The number of carbonyl (C=O) groups is 4. The molecular weight excluding hydrogens is 813 g/mol. The summed E-state index contributed by atoms with van der Waals surface area (Å²) in [5.74, 6) is -2.70. The van der Waals surface area contributed by atoms with Gasteiger partial charge in [0.1, 0.15) is 22.8 Å². The molecule has 3 N–H and O–H groups in total. The van der Waals surface area contributed by atoms with E-state index in [1.54, 1.807) is 36.0 Å². The van der Waals surface area contributed by atoms with E-state index >= 15 is 0 Å². The summed E-state index contributed by atoms with van der Waals surface area (Å²) in [6.07, 6.45) is 6.73. The predicted octanol–water partition coefficient (Wildman–Crippen LogP) is 7.07. The van der Waals surface area contributed by atoms with Gasteiger partial charge in [0.05, 0.1) is 5.92 Å². The lowest BCUT2D eigenvalue weighted by Crippen LogP contribution is -2.71. The maximum absolute atomic E-state index is 14.4. The second-order valence-electron chi connectivity index (χ2n) is 14.2. The van der Waals surface area contributed by atoms with E-state index in [1.807, 2.05) is 111 Å². The van der Waals surface area contributed by atoms with Crippen molar-refractivity contribution in [2.45, 2.75) is 56.9 Å². The lowest BCUT2D eigenvalue weighted by atomic mass is 9.80. The van der Waals surface area contributed by atoms with Gasteiger partial charge in [-0.2, -0.15) is 0 Å². The maximum atomic E-state index is 14.4. The fourth-order valence-electron chi connectivity index (χ4n) is 7.15. The lowest BCUT2D eigenvalue weighted by molar-refractivity contribution is -0.187. The number of carbonyl (C=O) groups excluding carboxylic acids is 4. The van der Waals surface area contributed by atoms with Crippen LogP contribution < -0.4 is 11.1 Å². The Morgan fingerprint density at radius 2 is 1.54 bits per heavy atom. The van der Waals surface area contributed by atoms with Gasteiger partial charge in [0.2, 0.25) is 11.9 Å². The number of amides is 2. The number of aromatic nitrogens is 2. The minimum atomic E-state index is -1.32. The van der Waals surface area contributed by atoms with Crippen LogP contribution in [-0.4, -0.2) is 67.8 Å². The number of ether oxygens (including phenoxy) is 2. The molecule has 312 valence electrons. The van der Waals surface area contributed by atoms with Gasteiger partial charge in [-0.3, -0.25) is 24.3 Å². The second-order valence-corrected chi connectivity index (χ2v) is 16.2. The molecule has 15 heteroatoms. The number of allylic oxidation sites excluding steroid dienone is 1. The normalized spacial score (nSPS) is 17.1. The molecule has 3 aromatic carbocycles. The van der Waals surface area contributed by atoms with Crippen LogP contribution in [0.25, 0.3) is 6.08 Å². The monoisotopic (exact) mass is 856 g/mol. The van der Waals surface area contributed by atoms with Crippen LogP contribution in [0.5, 0.6) is 0 Å². The molecule has 3 atom stereocenters. The third-order valence-corrected chi connectivity index (χ3v) is 12.3. The van der Waals surface area contributed by atoms with Crippen LogP contribution in [0.1, 0.15) is 61.6 Å². The number of anilines is 1. The zero-order valence-electron chi connectivity index (χ0n) is 33.7. The second kappa shape index (κ2) is 19.2. The molecule has 5 aromatic rings. The Morgan fingerprint density at radius 3 is 2.08 bits per heavy atom. The Bertz CT molecular complexity index is 2340. The fourth-order valence-corrected chi connectivity index (χ4v) is 9.01. The summed E-state index contributed by atoms with van der Waals surface area (Å²) in [4.78, 5) is 71.8. The van der Waals surface area contributed by atoms with Crippen molar-refractivity contribution in [2.75, 3.05) is 11.5 Å². The van der Waals surface area contributed by atoms with Gasteiger partial charge in [0.25, 0.3) is 11.8 Å². The smallest absolute Gasteiger partial charge is 0.358 e. The third-order valence-electron chi connectivity index (χ3n) is 10.3. The first-order valence-electron chi connectivity index (χ1n) is 19.8. The number of hydrogen-bond acceptors (Lipinski definition) is 13. The van der Waals surface area contributed by atoms with Gasteiger partial charge < -0.3 is 25.4 Å². The zero-order valence-corrected chi connectivity index (χ0v) is 35.3. The first-order valence-corrected chi connectivity index (χ1v) is 21.7. The van der Waals surface area contributed by atoms with Gasteiger partial charge in [-0.1, -0.05) is 128 Å². The first-order chi connectivity index (χ1) is 29.6. The molecule has 1 saturated heterocycles. The highest BCUT2D eigenvalue weighted by Crippen LogP contribution is 2.43. The van der Waals surface area contributed by atoms with Crippen molar-refractivity contribution >= 4 is 63.8 Å². The van der Waals surface area contributed by atoms with E-state index in [9.17, 15) is 19.2 Å². The number of nitrogens with two attached hydrogens (primary N) is 1. The molecule has 13 nitrogen and oxygen atoms in total. The van der Waals surface area contributed by atoms with E-state index in [-0.39, 0.29) is 33.9 Å². The number of nitrogen functional groups attached to an aromatic ring is 1. The molecule has 4 heterocycles. The number of thioether (sulfide) groups is 1. The average molecular weight is 857 g/mol. The number of nitrogens with one attached hydrogen (secondary N) is 1. The zero-order chi connectivity index (χ0) is 42.9. The van der Waals surface area contributed by atoms with Crippen LogP contribution in [0.15, 0.2) is 143 Å². The molecule has 0 spiro atoms. The number of pyridine rings is 1. The minimum absolute atomic E-state index is 0.0207. The van der Waals surface area contributed by atoms with Crippen LogP contribution in [-0.2, 0) is 39.1 Å². The molecular formula is C46H44N6O7S2. The summed E-state index contributed by atoms with van der Waals surface area (Å²) in [5.41, 5.74) is 8.16. The molecule has 7 rings (SSSR count). The Hall–Kier alpha value is -6.58. The number of fused-ring (bicyclic) bond motifs is 1. The van der Waals surface area contributed by atoms with Gasteiger partial charge in [-0.15, -0.1) is 23.1 Å². The summed E-state index contributed by atoms with van der Waals surface area (Å²) >= 11 is 2.48. The first kappa shape index (κ1) is 42.5. The predicted molar refractivity (Wildman–Crippen MR) is 234 cm³/mol. The van der Waals surface area contributed by atoms with Gasteiger partial charge >= 0.3 is 11.9 Å². The van der Waals surface area contributed by atoms with Crippen molar-refractivity contribution in [3.05, 3.63) is 166 Å². The van der Waals surface area contributed by atoms with Crippen LogP contribution in [0, 0.1) is 5.92 Å². The number of oxime groups is 1. The standard InChI is InChI=1S/C46H44N6O7S2/c1-4-31(5-2)43(55)57-29(3)58-44(56)39-32(24-23-30-16-15-25-48-26-30)27-60-42-38(41(54)52(39)42)50-40(53)37(36-28-61-45(47)49-36)51-59-46(33-17-9-6-10-18-33,34-19-11-7-12-20-34)35-21-13-8-14-22-35/h6-26,28-29,31,38,42H,4-5,27H2,1-3H3,(H2,47,49)(H,50,53)/b24-23-,51-37?/t29?,38-,42-/m1/s1. The van der Waals surface area contributed by atoms with Gasteiger partial charge in [0, 0.05) is 47.1 Å². The third kappa shape index (κ3) is 9.12. The number of β-lactam (4-membered cyclic amide) rings is 1. The number of esters is 2. The molecule has 1 fully saturated rings. The molecule has 2 aliphatic heterocycles. The molecule has 61 heavy (non-hydrogen) atoms. The quantitative estimate of drug-likeness (QED) is 0.0259. The van der Waals surface area contributed by atoms with Crippen LogP contribution in [0.4, 0.5) is 5.13 Å². The van der Waals surface area contributed by atoms with E-state index in [0.29, 0.717) is 18.4 Å². The van der Waals surface area contributed by atoms with Crippen molar-refractivity contribution in [2.24, 2.45) is 11.1 Å². The fraction of sp³-hybridized carbons (Fsp3) is 0.239.